The molecular weight excluding hydrogens is 610 g/mol. The largest absolute Gasteiger partial charge is 0.479 e. The lowest BCUT2D eigenvalue weighted by Crippen LogP contribution is -2.61. The number of nitrogens with one attached hydrogen (secondary N) is 2. The third kappa shape index (κ3) is 9.81. The second-order valence-electron chi connectivity index (χ2n) is 11.8. The van der Waals surface area contributed by atoms with E-state index in [9.17, 15) is 49.2 Å². The standard InChI is InChI=1S/C30H39N3O13/c1-30(2,3)29(43)44-15-16-7-8-18(45-28-25(40)23(38)24(39)26(46-28)27(41)42)17(14-16)32-20(35)11-12-31-19(34)6-4-5-13-33-21(36)9-10-22(33)37/h7-10,14,23-26,28,38-40H,4-6,11-13,15H2,1-3H3,(H,31,34)(H,32,35)(H,41,42)/t23-,24-,25+,26-,28+/m0/s1. The summed E-state index contributed by atoms with van der Waals surface area (Å²) in [7, 11) is 0. The van der Waals surface area contributed by atoms with Crippen LogP contribution in [0.4, 0.5) is 5.69 Å². The third-order valence-corrected chi connectivity index (χ3v) is 6.97. The smallest absolute Gasteiger partial charge is 0.335 e. The van der Waals surface area contributed by atoms with Crippen molar-refractivity contribution in [2.45, 2.75) is 83.8 Å². The van der Waals surface area contributed by atoms with Crippen LogP contribution in [0.3, 0.4) is 0 Å². The molecule has 6 N–H and O–H groups in total. The van der Waals surface area contributed by atoms with E-state index < -0.39 is 65.8 Å². The third-order valence-electron chi connectivity index (χ3n) is 6.97. The summed E-state index contributed by atoms with van der Waals surface area (Å²) >= 11 is 0. The highest BCUT2D eigenvalue weighted by Gasteiger charge is 2.48. The second-order valence-corrected chi connectivity index (χ2v) is 11.8. The Morgan fingerprint density at radius 1 is 0.935 bits per heavy atom. The van der Waals surface area contributed by atoms with Crippen molar-refractivity contribution in [2.75, 3.05) is 18.4 Å². The first kappa shape index (κ1) is 36.1. The Bertz CT molecular complexity index is 1340. The second kappa shape index (κ2) is 15.8. The Morgan fingerprint density at radius 3 is 2.24 bits per heavy atom. The van der Waals surface area contributed by atoms with Gasteiger partial charge in [-0.05, 0) is 51.3 Å². The molecule has 16 nitrogen and oxygen atoms in total. The van der Waals surface area contributed by atoms with Crippen molar-refractivity contribution in [3.05, 3.63) is 35.9 Å². The zero-order chi connectivity index (χ0) is 34.2. The maximum absolute atomic E-state index is 12.8. The molecule has 0 radical (unpaired) electrons. The van der Waals surface area contributed by atoms with Gasteiger partial charge in [0.25, 0.3) is 11.8 Å². The number of hydrogen-bond donors (Lipinski definition) is 6. The normalized spacial score (nSPS) is 22.8. The molecule has 0 aromatic heterocycles. The number of carbonyl (C=O) groups is 6. The quantitative estimate of drug-likeness (QED) is 0.0855. The van der Waals surface area contributed by atoms with Gasteiger partial charge in [-0.25, -0.2) is 4.79 Å². The Morgan fingerprint density at radius 2 is 1.61 bits per heavy atom. The number of carboxylic acids is 1. The van der Waals surface area contributed by atoms with Crippen LogP contribution in [0.1, 0.15) is 52.0 Å². The van der Waals surface area contributed by atoms with Gasteiger partial charge in [0, 0.05) is 38.1 Å². The molecule has 16 heteroatoms. The number of amides is 4. The van der Waals surface area contributed by atoms with Crippen LogP contribution in [0.2, 0.25) is 0 Å². The summed E-state index contributed by atoms with van der Waals surface area (Å²) in [6, 6.07) is 4.25. The maximum atomic E-state index is 12.8. The average molecular weight is 650 g/mol. The molecule has 0 saturated carbocycles. The van der Waals surface area contributed by atoms with Crippen molar-refractivity contribution in [3.63, 3.8) is 0 Å². The maximum Gasteiger partial charge on any atom is 0.335 e. The number of ether oxygens (including phenoxy) is 3. The van der Waals surface area contributed by atoms with Crippen molar-refractivity contribution in [1.82, 2.24) is 10.2 Å². The molecule has 0 spiro atoms. The molecule has 252 valence electrons. The van der Waals surface area contributed by atoms with E-state index in [0.29, 0.717) is 18.4 Å². The van der Waals surface area contributed by atoms with Gasteiger partial charge in [-0.3, -0.25) is 28.9 Å². The first-order chi connectivity index (χ1) is 21.6. The molecule has 1 aromatic carbocycles. The Balaban J connectivity index is 1.60. The highest BCUT2D eigenvalue weighted by molar-refractivity contribution is 6.12. The number of anilines is 1. The first-order valence-corrected chi connectivity index (χ1v) is 14.6. The van der Waals surface area contributed by atoms with E-state index in [0.717, 1.165) is 4.90 Å². The molecule has 0 bridgehead atoms. The fraction of sp³-hybridized carbons (Fsp3) is 0.533. The number of benzene rings is 1. The minimum absolute atomic E-state index is 0.0180. The number of rotatable bonds is 14. The molecule has 2 aliphatic rings. The molecule has 2 heterocycles. The van der Waals surface area contributed by atoms with Gasteiger partial charge in [0.05, 0.1) is 11.1 Å². The van der Waals surface area contributed by atoms with E-state index in [1.165, 1.54) is 30.4 Å². The van der Waals surface area contributed by atoms with Gasteiger partial charge < -0.3 is 45.3 Å². The molecule has 1 aromatic rings. The van der Waals surface area contributed by atoms with Crippen molar-refractivity contribution in [2.24, 2.45) is 5.41 Å². The molecule has 46 heavy (non-hydrogen) atoms. The summed E-state index contributed by atoms with van der Waals surface area (Å²) < 4.78 is 16.1. The number of unbranched alkanes of at least 4 members (excludes halogenated alkanes) is 1. The average Bonchev–Trinajstić information content (AvgIpc) is 3.30. The lowest BCUT2D eigenvalue weighted by atomic mass is 9.97. The number of carboxylic acid groups (broad SMARTS) is 1. The molecule has 0 aliphatic carbocycles. The van der Waals surface area contributed by atoms with Crippen LogP contribution in [0.5, 0.6) is 5.75 Å². The van der Waals surface area contributed by atoms with Crippen LogP contribution in [0, 0.1) is 5.41 Å². The molecular formula is C30H39N3O13. The van der Waals surface area contributed by atoms with Gasteiger partial charge in [-0.15, -0.1) is 0 Å². The summed E-state index contributed by atoms with van der Waals surface area (Å²) in [5.74, 6) is -3.89. The van der Waals surface area contributed by atoms with Gasteiger partial charge in [0.1, 0.15) is 30.7 Å². The van der Waals surface area contributed by atoms with E-state index in [-0.39, 0.29) is 49.9 Å². The van der Waals surface area contributed by atoms with Crippen molar-refractivity contribution < 1.29 is 63.4 Å². The van der Waals surface area contributed by atoms with Crippen LogP contribution in [0.25, 0.3) is 0 Å². The van der Waals surface area contributed by atoms with E-state index in [4.69, 9.17) is 14.2 Å². The fourth-order valence-corrected chi connectivity index (χ4v) is 4.33. The number of aliphatic hydroxyl groups excluding tert-OH is 3. The number of carbonyl (C=O) groups excluding carboxylic acids is 5. The van der Waals surface area contributed by atoms with E-state index in [1.54, 1.807) is 20.8 Å². The highest BCUT2D eigenvalue weighted by atomic mass is 16.7. The van der Waals surface area contributed by atoms with Gasteiger partial charge in [-0.1, -0.05) is 6.07 Å². The number of aliphatic hydroxyl groups is 3. The van der Waals surface area contributed by atoms with Gasteiger partial charge in [-0.2, -0.15) is 0 Å². The van der Waals surface area contributed by atoms with Gasteiger partial charge >= 0.3 is 11.9 Å². The van der Waals surface area contributed by atoms with Crippen LogP contribution in [-0.2, 0) is 44.8 Å². The zero-order valence-electron chi connectivity index (χ0n) is 25.6. The van der Waals surface area contributed by atoms with Crippen molar-refractivity contribution in [3.8, 4) is 5.75 Å². The Kier molecular flexibility index (Phi) is 12.4. The fourth-order valence-electron chi connectivity index (χ4n) is 4.33. The number of hydrogen-bond acceptors (Lipinski definition) is 12. The van der Waals surface area contributed by atoms with Gasteiger partial charge in [0.2, 0.25) is 18.1 Å². The molecule has 5 atom stereocenters. The molecule has 1 fully saturated rings. The summed E-state index contributed by atoms with van der Waals surface area (Å²) in [4.78, 5) is 73.0. The monoisotopic (exact) mass is 649 g/mol. The summed E-state index contributed by atoms with van der Waals surface area (Å²) in [5.41, 5.74) is -0.316. The molecule has 2 aliphatic heterocycles. The zero-order valence-corrected chi connectivity index (χ0v) is 25.6. The van der Waals surface area contributed by atoms with E-state index in [1.807, 2.05) is 0 Å². The summed E-state index contributed by atoms with van der Waals surface area (Å²) in [6.07, 6.45) is -6.23. The van der Waals surface area contributed by atoms with Crippen LogP contribution in [0.15, 0.2) is 30.4 Å². The first-order valence-electron chi connectivity index (χ1n) is 14.6. The molecule has 0 unspecified atom stereocenters. The molecule has 4 amide bonds. The Labute approximate surface area is 264 Å². The number of aliphatic carboxylic acids is 1. The minimum atomic E-state index is -1.93. The summed E-state index contributed by atoms with van der Waals surface area (Å²) in [6.45, 7) is 5.03. The summed E-state index contributed by atoms with van der Waals surface area (Å²) in [5, 5.41) is 45.0. The SMILES string of the molecule is CC(C)(C)C(=O)OCc1ccc(O[C@@H]2O[C@H](C(=O)O)[C@@H](O)[C@H](O)[C@H]2O)c(NC(=O)CCNC(=O)CCCCN2C(=O)C=CC2=O)c1. The van der Waals surface area contributed by atoms with Crippen LogP contribution >= 0.6 is 0 Å². The number of nitrogens with zero attached hydrogens (tertiary/aromatic N) is 1. The predicted octanol–water partition coefficient (Wildman–Crippen LogP) is -0.413. The number of imide groups is 1. The topological polar surface area (TPSA) is 238 Å². The highest BCUT2D eigenvalue weighted by Crippen LogP contribution is 2.31. The predicted molar refractivity (Wildman–Crippen MR) is 157 cm³/mol. The van der Waals surface area contributed by atoms with Gasteiger partial charge in [0.15, 0.2) is 6.10 Å². The van der Waals surface area contributed by atoms with Crippen LogP contribution < -0.4 is 15.4 Å². The molecule has 3 rings (SSSR count). The van der Waals surface area contributed by atoms with Crippen molar-refractivity contribution >= 4 is 41.3 Å². The van der Waals surface area contributed by atoms with E-state index in [2.05, 4.69) is 10.6 Å². The Hall–Kier alpha value is -4.38. The minimum Gasteiger partial charge on any atom is -0.479 e. The number of esters is 1. The lowest BCUT2D eigenvalue weighted by molar-refractivity contribution is -0.271. The van der Waals surface area contributed by atoms with E-state index >= 15 is 0 Å². The van der Waals surface area contributed by atoms with Crippen LogP contribution in [-0.4, -0.2) is 105 Å². The molecule has 1 saturated heterocycles. The van der Waals surface area contributed by atoms with Crippen molar-refractivity contribution in [1.29, 1.82) is 0 Å². The lowest BCUT2D eigenvalue weighted by Gasteiger charge is -2.38.